The first-order chi connectivity index (χ1) is 12.0. The van der Waals surface area contributed by atoms with Gasteiger partial charge in [0.1, 0.15) is 11.5 Å². The summed E-state index contributed by atoms with van der Waals surface area (Å²) < 4.78 is 0.968. The lowest BCUT2D eigenvalue weighted by Crippen LogP contribution is -2.14. The molecule has 0 aliphatic carbocycles. The van der Waals surface area contributed by atoms with Crippen molar-refractivity contribution in [2.45, 2.75) is 13.8 Å². The van der Waals surface area contributed by atoms with Crippen LogP contribution in [0.25, 0.3) is 0 Å². The maximum Gasteiger partial charge on any atom is 0.275 e. The zero-order chi connectivity index (χ0) is 17.8. The number of amides is 1. The van der Waals surface area contributed by atoms with Crippen molar-refractivity contribution in [1.29, 1.82) is 0 Å². The Morgan fingerprint density at radius 3 is 2.36 bits per heavy atom. The van der Waals surface area contributed by atoms with Gasteiger partial charge in [-0.1, -0.05) is 28.1 Å². The van der Waals surface area contributed by atoms with E-state index in [4.69, 9.17) is 0 Å². The molecule has 6 heteroatoms. The van der Waals surface area contributed by atoms with Crippen molar-refractivity contribution in [3.63, 3.8) is 0 Å². The molecule has 2 N–H and O–H groups in total. The van der Waals surface area contributed by atoms with Gasteiger partial charge in [-0.25, -0.2) is 9.97 Å². The van der Waals surface area contributed by atoms with Crippen LogP contribution in [0.4, 0.5) is 17.2 Å². The third-order valence-electron chi connectivity index (χ3n) is 3.46. The summed E-state index contributed by atoms with van der Waals surface area (Å²) in [6.45, 7) is 3.98. The van der Waals surface area contributed by atoms with E-state index >= 15 is 0 Å². The molecular formula is C19H17BrN4O. The summed E-state index contributed by atoms with van der Waals surface area (Å²) in [5.41, 5.74) is 4.08. The molecule has 0 fully saturated rings. The first-order valence-corrected chi connectivity index (χ1v) is 8.53. The van der Waals surface area contributed by atoms with Crippen LogP contribution in [0, 0.1) is 13.8 Å². The number of carbonyl (C=O) groups is 1. The Morgan fingerprint density at radius 1 is 0.960 bits per heavy atom. The number of nitrogens with one attached hydrogen (secondary N) is 2. The second kappa shape index (κ2) is 7.44. The molecule has 0 aliphatic rings. The lowest BCUT2D eigenvalue weighted by molar-refractivity contribution is 0.102. The van der Waals surface area contributed by atoms with Crippen molar-refractivity contribution in [2.24, 2.45) is 0 Å². The second-order valence-electron chi connectivity index (χ2n) is 5.75. The van der Waals surface area contributed by atoms with Crippen LogP contribution in [0.2, 0.25) is 0 Å². The molecule has 2 aromatic carbocycles. The highest BCUT2D eigenvalue weighted by atomic mass is 79.9. The van der Waals surface area contributed by atoms with Gasteiger partial charge in [0.2, 0.25) is 0 Å². The minimum absolute atomic E-state index is 0.263. The summed E-state index contributed by atoms with van der Waals surface area (Å²) in [4.78, 5) is 20.8. The molecule has 0 atom stereocenters. The minimum Gasteiger partial charge on any atom is -0.339 e. The molecule has 0 aliphatic heterocycles. The zero-order valence-electron chi connectivity index (χ0n) is 13.9. The van der Waals surface area contributed by atoms with Gasteiger partial charge in [0.05, 0.1) is 12.4 Å². The van der Waals surface area contributed by atoms with E-state index in [0.29, 0.717) is 5.82 Å². The predicted molar refractivity (Wildman–Crippen MR) is 103 cm³/mol. The average molecular weight is 397 g/mol. The van der Waals surface area contributed by atoms with Crippen molar-refractivity contribution < 1.29 is 4.79 Å². The summed E-state index contributed by atoms with van der Waals surface area (Å²) in [6.07, 6.45) is 3.00. The van der Waals surface area contributed by atoms with E-state index in [1.165, 1.54) is 12.4 Å². The maximum atomic E-state index is 12.3. The number of hydrogen-bond donors (Lipinski definition) is 2. The Bertz CT molecular complexity index is 889. The van der Waals surface area contributed by atoms with Crippen LogP contribution >= 0.6 is 15.9 Å². The van der Waals surface area contributed by atoms with Crippen molar-refractivity contribution in [1.82, 2.24) is 9.97 Å². The lowest BCUT2D eigenvalue weighted by atomic mass is 10.1. The SMILES string of the molecule is Cc1cc(C)cc(NC(=O)c2cnc(Nc3cccc(Br)c3)cn2)c1. The van der Waals surface area contributed by atoms with E-state index < -0.39 is 0 Å². The highest BCUT2D eigenvalue weighted by Crippen LogP contribution is 2.19. The maximum absolute atomic E-state index is 12.3. The second-order valence-corrected chi connectivity index (χ2v) is 6.67. The molecule has 0 bridgehead atoms. The van der Waals surface area contributed by atoms with Gasteiger partial charge in [-0.15, -0.1) is 0 Å². The Morgan fingerprint density at radius 2 is 1.72 bits per heavy atom. The molecule has 1 amide bonds. The molecule has 0 saturated carbocycles. The third-order valence-corrected chi connectivity index (χ3v) is 3.95. The first kappa shape index (κ1) is 17.1. The van der Waals surface area contributed by atoms with Gasteiger partial charge in [-0.05, 0) is 55.3 Å². The topological polar surface area (TPSA) is 66.9 Å². The van der Waals surface area contributed by atoms with Gasteiger partial charge >= 0.3 is 0 Å². The summed E-state index contributed by atoms with van der Waals surface area (Å²) in [7, 11) is 0. The zero-order valence-corrected chi connectivity index (χ0v) is 15.5. The standard InChI is InChI=1S/C19H17BrN4O/c1-12-6-13(2)8-16(7-12)24-19(25)17-10-22-18(11-21-17)23-15-5-3-4-14(20)9-15/h3-11H,1-2H3,(H,22,23)(H,24,25). The van der Waals surface area contributed by atoms with Gasteiger partial charge in [0, 0.05) is 15.8 Å². The van der Waals surface area contributed by atoms with Gasteiger partial charge in [0.25, 0.3) is 5.91 Å². The number of anilines is 3. The molecule has 0 saturated heterocycles. The van der Waals surface area contributed by atoms with Crippen molar-refractivity contribution in [3.05, 3.63) is 76.2 Å². The lowest BCUT2D eigenvalue weighted by Gasteiger charge is -2.08. The largest absolute Gasteiger partial charge is 0.339 e. The first-order valence-electron chi connectivity index (χ1n) is 7.74. The van der Waals surface area contributed by atoms with E-state index in [1.54, 1.807) is 0 Å². The molecule has 5 nitrogen and oxygen atoms in total. The van der Waals surface area contributed by atoms with Gasteiger partial charge in [0.15, 0.2) is 0 Å². The number of carbonyl (C=O) groups excluding carboxylic acids is 1. The average Bonchev–Trinajstić information content (AvgIpc) is 2.54. The van der Waals surface area contributed by atoms with E-state index in [9.17, 15) is 4.79 Å². The predicted octanol–water partition coefficient (Wildman–Crippen LogP) is 4.85. The van der Waals surface area contributed by atoms with Crippen LogP contribution in [0.5, 0.6) is 0 Å². The highest BCUT2D eigenvalue weighted by Gasteiger charge is 2.09. The molecule has 126 valence electrons. The summed E-state index contributed by atoms with van der Waals surface area (Å²) in [5.74, 6) is 0.285. The molecule has 25 heavy (non-hydrogen) atoms. The number of nitrogens with zero attached hydrogens (tertiary/aromatic N) is 2. The fourth-order valence-electron chi connectivity index (χ4n) is 2.47. The van der Waals surface area contributed by atoms with E-state index in [0.717, 1.165) is 27.0 Å². The third kappa shape index (κ3) is 4.64. The van der Waals surface area contributed by atoms with Crippen LogP contribution in [-0.4, -0.2) is 15.9 Å². The molecule has 3 aromatic rings. The number of halogens is 1. The van der Waals surface area contributed by atoms with Crippen LogP contribution in [0.1, 0.15) is 21.6 Å². The molecule has 3 rings (SSSR count). The van der Waals surface area contributed by atoms with Crippen molar-refractivity contribution in [2.75, 3.05) is 10.6 Å². The molecule has 0 radical (unpaired) electrons. The highest BCUT2D eigenvalue weighted by molar-refractivity contribution is 9.10. The van der Waals surface area contributed by atoms with Crippen LogP contribution in [-0.2, 0) is 0 Å². The Labute approximate surface area is 154 Å². The summed E-state index contributed by atoms with van der Waals surface area (Å²) in [6, 6.07) is 13.6. The van der Waals surface area contributed by atoms with Crippen molar-refractivity contribution in [3.8, 4) is 0 Å². The number of benzene rings is 2. The van der Waals surface area contributed by atoms with E-state index in [-0.39, 0.29) is 11.6 Å². The van der Waals surface area contributed by atoms with Gasteiger partial charge in [-0.2, -0.15) is 0 Å². The minimum atomic E-state index is -0.286. The molecule has 0 unspecified atom stereocenters. The molecule has 1 aromatic heterocycles. The van der Waals surface area contributed by atoms with Crippen LogP contribution in [0.15, 0.2) is 59.3 Å². The number of aryl methyl sites for hydroxylation is 2. The number of rotatable bonds is 4. The summed E-state index contributed by atoms with van der Waals surface area (Å²) >= 11 is 3.42. The number of hydrogen-bond acceptors (Lipinski definition) is 4. The van der Waals surface area contributed by atoms with Gasteiger partial charge in [-0.3, -0.25) is 4.79 Å². The quantitative estimate of drug-likeness (QED) is 0.661. The number of aromatic nitrogens is 2. The smallest absolute Gasteiger partial charge is 0.275 e. The van der Waals surface area contributed by atoms with Crippen LogP contribution in [0.3, 0.4) is 0 Å². The molecular weight excluding hydrogens is 380 g/mol. The van der Waals surface area contributed by atoms with Crippen molar-refractivity contribution >= 4 is 39.0 Å². The van der Waals surface area contributed by atoms with Gasteiger partial charge < -0.3 is 10.6 Å². The molecule has 0 spiro atoms. The van der Waals surface area contributed by atoms with Crippen LogP contribution < -0.4 is 10.6 Å². The Balaban J connectivity index is 1.70. The molecule has 1 heterocycles. The summed E-state index contributed by atoms with van der Waals surface area (Å²) in [5, 5.41) is 5.99. The Hall–Kier alpha value is -2.73. The fourth-order valence-corrected chi connectivity index (χ4v) is 2.87. The Kier molecular flexibility index (Phi) is 5.09. The monoisotopic (exact) mass is 396 g/mol. The normalized spacial score (nSPS) is 10.4. The van der Waals surface area contributed by atoms with E-state index in [2.05, 4.69) is 42.6 Å². The fraction of sp³-hybridized carbons (Fsp3) is 0.105. The van der Waals surface area contributed by atoms with E-state index in [1.807, 2.05) is 50.2 Å².